The van der Waals surface area contributed by atoms with Crippen LogP contribution in [0.5, 0.6) is 0 Å². The lowest BCUT2D eigenvalue weighted by Gasteiger charge is -2.12. The summed E-state index contributed by atoms with van der Waals surface area (Å²) >= 11 is 5.37. The van der Waals surface area contributed by atoms with Crippen LogP contribution in [0, 0.1) is 11.3 Å². The van der Waals surface area contributed by atoms with Crippen LogP contribution in [-0.2, 0) is 16.0 Å². The van der Waals surface area contributed by atoms with Gasteiger partial charge < -0.3 is 10.2 Å². The molecule has 1 aromatic rings. The van der Waals surface area contributed by atoms with Crippen LogP contribution in [0.15, 0.2) is 18.2 Å². The van der Waals surface area contributed by atoms with Crippen LogP contribution >= 0.6 is 11.6 Å². The lowest BCUT2D eigenvalue weighted by Crippen LogP contribution is -2.15. The minimum atomic E-state index is -1.77. The van der Waals surface area contributed by atoms with E-state index in [-0.39, 0.29) is 29.2 Å². The van der Waals surface area contributed by atoms with Crippen LogP contribution in [0.3, 0.4) is 0 Å². The van der Waals surface area contributed by atoms with E-state index in [0.717, 1.165) is 0 Å². The second-order valence-corrected chi connectivity index (χ2v) is 3.88. The molecule has 0 radical (unpaired) electrons. The van der Waals surface area contributed by atoms with Gasteiger partial charge in [0, 0.05) is 6.42 Å². The molecular weight excluding hydrogens is 258 g/mol. The number of nitriles is 1. The van der Waals surface area contributed by atoms with Crippen molar-refractivity contribution < 1.29 is 19.8 Å². The summed E-state index contributed by atoms with van der Waals surface area (Å²) in [5.74, 6) is -1.92. The number of aliphatic carboxylic acids is 1. The van der Waals surface area contributed by atoms with Gasteiger partial charge in [-0.2, -0.15) is 5.26 Å². The van der Waals surface area contributed by atoms with Gasteiger partial charge in [-0.05, 0) is 23.3 Å². The zero-order chi connectivity index (χ0) is 13.7. The van der Waals surface area contributed by atoms with Crippen molar-refractivity contribution in [2.24, 2.45) is 0 Å². The molecule has 0 fully saturated rings. The molecule has 0 spiro atoms. The number of nitrogens with zero attached hydrogens (tertiary/aromatic N) is 1. The summed E-state index contributed by atoms with van der Waals surface area (Å²) in [6.07, 6.45) is -1.84. The number of hydrogen-bond acceptors (Lipinski definition) is 4. The van der Waals surface area contributed by atoms with Crippen molar-refractivity contribution in [2.75, 3.05) is 5.88 Å². The van der Waals surface area contributed by atoms with E-state index in [0.29, 0.717) is 5.56 Å². The van der Waals surface area contributed by atoms with Gasteiger partial charge in [0.1, 0.15) is 0 Å². The maximum atomic E-state index is 11.3. The van der Waals surface area contributed by atoms with Crippen LogP contribution in [0.25, 0.3) is 0 Å². The van der Waals surface area contributed by atoms with E-state index in [1.807, 2.05) is 6.07 Å². The molecule has 0 amide bonds. The topological polar surface area (TPSA) is 98.4 Å². The first-order valence-corrected chi connectivity index (χ1v) is 5.54. The molecule has 0 bridgehead atoms. The molecule has 18 heavy (non-hydrogen) atoms. The first-order chi connectivity index (χ1) is 8.49. The Bertz CT molecular complexity index is 521. The number of alkyl halides is 1. The number of Topliss-reactive ketones (excluding diaryl/α,β-unsaturated/α-hetero) is 1. The van der Waals surface area contributed by atoms with Crippen molar-refractivity contribution in [3.8, 4) is 6.07 Å². The number of benzene rings is 1. The molecule has 0 saturated carbocycles. The molecule has 2 N–H and O–H groups in total. The molecule has 0 saturated heterocycles. The minimum Gasteiger partial charge on any atom is -0.479 e. The van der Waals surface area contributed by atoms with Gasteiger partial charge in [0.25, 0.3) is 0 Å². The van der Waals surface area contributed by atoms with Crippen LogP contribution in [-0.4, -0.2) is 27.8 Å². The van der Waals surface area contributed by atoms with Gasteiger partial charge in [0.05, 0.1) is 17.5 Å². The van der Waals surface area contributed by atoms with E-state index in [1.54, 1.807) is 0 Å². The van der Waals surface area contributed by atoms with Crippen molar-refractivity contribution in [1.29, 1.82) is 5.26 Å². The predicted octanol–water partition coefficient (Wildman–Crippen LogP) is 1.03. The maximum Gasteiger partial charge on any atom is 0.337 e. The van der Waals surface area contributed by atoms with E-state index < -0.39 is 12.1 Å². The maximum absolute atomic E-state index is 11.3. The molecule has 1 rings (SSSR count). The van der Waals surface area contributed by atoms with Gasteiger partial charge in [0.15, 0.2) is 11.9 Å². The molecule has 5 nitrogen and oxygen atoms in total. The van der Waals surface area contributed by atoms with Gasteiger partial charge in [-0.3, -0.25) is 4.79 Å². The summed E-state index contributed by atoms with van der Waals surface area (Å²) in [6, 6.07) is 6.00. The molecule has 0 aliphatic heterocycles. The number of carboxylic acid groups (broad SMARTS) is 1. The number of carbonyl (C=O) groups excluding carboxylic acids is 1. The van der Waals surface area contributed by atoms with Crippen LogP contribution in [0.4, 0.5) is 0 Å². The summed E-state index contributed by atoms with van der Waals surface area (Å²) in [4.78, 5) is 22.0. The molecular formula is C12H10ClNO4. The van der Waals surface area contributed by atoms with Crippen molar-refractivity contribution in [2.45, 2.75) is 12.5 Å². The largest absolute Gasteiger partial charge is 0.479 e. The van der Waals surface area contributed by atoms with E-state index in [1.165, 1.54) is 18.2 Å². The summed E-state index contributed by atoms with van der Waals surface area (Å²) in [6.45, 7) is 0. The number of aliphatic hydroxyl groups excluding tert-OH is 1. The summed E-state index contributed by atoms with van der Waals surface area (Å²) in [5.41, 5.74) is 0.613. The number of carbonyl (C=O) groups is 2. The molecule has 0 aliphatic rings. The zero-order valence-electron chi connectivity index (χ0n) is 9.26. The fourth-order valence-corrected chi connectivity index (χ4v) is 1.57. The highest BCUT2D eigenvalue weighted by Gasteiger charge is 2.21. The van der Waals surface area contributed by atoms with Crippen LogP contribution in [0.1, 0.15) is 22.8 Å². The smallest absolute Gasteiger partial charge is 0.337 e. The predicted molar refractivity (Wildman–Crippen MR) is 63.2 cm³/mol. The summed E-state index contributed by atoms with van der Waals surface area (Å²) < 4.78 is 0. The standard InChI is InChI=1S/C12H10ClNO4/c13-5-9(15)4-8-2-1-7(6-14)3-10(8)11(16)12(17)18/h1-3,11,16H,4-5H2,(H,17,18). The highest BCUT2D eigenvalue weighted by Crippen LogP contribution is 2.21. The molecule has 1 aromatic carbocycles. The number of halogens is 1. The molecule has 94 valence electrons. The van der Waals surface area contributed by atoms with Crippen molar-refractivity contribution >= 4 is 23.4 Å². The molecule has 1 atom stereocenters. The highest BCUT2D eigenvalue weighted by molar-refractivity contribution is 6.27. The lowest BCUT2D eigenvalue weighted by molar-refractivity contribution is -0.147. The lowest BCUT2D eigenvalue weighted by atomic mass is 9.96. The Morgan fingerprint density at radius 1 is 1.44 bits per heavy atom. The van der Waals surface area contributed by atoms with Crippen LogP contribution in [0.2, 0.25) is 0 Å². The van der Waals surface area contributed by atoms with Crippen molar-refractivity contribution in [1.82, 2.24) is 0 Å². The molecule has 0 heterocycles. The van der Waals surface area contributed by atoms with Crippen LogP contribution < -0.4 is 0 Å². The van der Waals surface area contributed by atoms with Gasteiger partial charge in [-0.25, -0.2) is 4.79 Å². The van der Waals surface area contributed by atoms with E-state index in [4.69, 9.17) is 22.0 Å². The molecule has 6 heteroatoms. The second kappa shape index (κ2) is 6.15. The van der Waals surface area contributed by atoms with E-state index in [9.17, 15) is 14.7 Å². The number of ketones is 1. The SMILES string of the molecule is N#Cc1ccc(CC(=O)CCl)c(C(O)C(=O)O)c1. The third-order valence-electron chi connectivity index (χ3n) is 2.34. The van der Waals surface area contributed by atoms with Gasteiger partial charge >= 0.3 is 5.97 Å². The molecule has 1 unspecified atom stereocenters. The van der Waals surface area contributed by atoms with Crippen molar-refractivity contribution in [3.63, 3.8) is 0 Å². The number of carboxylic acids is 1. The zero-order valence-corrected chi connectivity index (χ0v) is 10.0. The number of rotatable bonds is 5. The third kappa shape index (κ3) is 3.29. The summed E-state index contributed by atoms with van der Waals surface area (Å²) in [5, 5.41) is 27.0. The number of hydrogen-bond donors (Lipinski definition) is 2. The Labute approximate surface area is 108 Å². The Hall–Kier alpha value is -1.90. The average molecular weight is 268 g/mol. The fourth-order valence-electron chi connectivity index (χ4n) is 1.47. The van der Waals surface area contributed by atoms with Gasteiger partial charge in [-0.15, -0.1) is 11.6 Å². The monoisotopic (exact) mass is 267 g/mol. The normalized spacial score (nSPS) is 11.6. The quantitative estimate of drug-likeness (QED) is 0.776. The van der Waals surface area contributed by atoms with E-state index in [2.05, 4.69) is 0 Å². The summed E-state index contributed by atoms with van der Waals surface area (Å²) in [7, 11) is 0. The third-order valence-corrected chi connectivity index (χ3v) is 2.64. The fraction of sp³-hybridized carbons (Fsp3) is 0.250. The highest BCUT2D eigenvalue weighted by atomic mass is 35.5. The Morgan fingerprint density at radius 2 is 2.11 bits per heavy atom. The average Bonchev–Trinajstić information content (AvgIpc) is 2.38. The Morgan fingerprint density at radius 3 is 2.61 bits per heavy atom. The minimum absolute atomic E-state index is 0.0417. The second-order valence-electron chi connectivity index (χ2n) is 3.62. The first kappa shape index (κ1) is 14.2. The van der Waals surface area contributed by atoms with Gasteiger partial charge in [0.2, 0.25) is 0 Å². The number of aliphatic hydroxyl groups is 1. The first-order valence-electron chi connectivity index (χ1n) is 5.01. The Kier molecular flexibility index (Phi) is 4.84. The van der Waals surface area contributed by atoms with E-state index >= 15 is 0 Å². The Balaban J connectivity index is 3.21. The molecule has 0 aromatic heterocycles. The van der Waals surface area contributed by atoms with Crippen molar-refractivity contribution in [3.05, 3.63) is 34.9 Å². The molecule has 0 aliphatic carbocycles. The van der Waals surface area contributed by atoms with Gasteiger partial charge in [-0.1, -0.05) is 6.07 Å².